The van der Waals surface area contributed by atoms with Crippen LogP contribution in [-0.4, -0.2) is 19.9 Å². The lowest BCUT2D eigenvalue weighted by molar-refractivity contribution is 0.705. The average Bonchev–Trinajstić information content (AvgIpc) is 3.04. The van der Waals surface area contributed by atoms with Gasteiger partial charge >= 0.3 is 0 Å². The van der Waals surface area contributed by atoms with Crippen molar-refractivity contribution in [2.45, 2.75) is 31.6 Å². The Hall–Kier alpha value is -2.17. The van der Waals surface area contributed by atoms with Crippen molar-refractivity contribution in [2.24, 2.45) is 0 Å². The van der Waals surface area contributed by atoms with Gasteiger partial charge in [-0.25, -0.2) is 4.98 Å². The van der Waals surface area contributed by atoms with Crippen molar-refractivity contribution in [3.63, 3.8) is 0 Å². The number of fused-ring (bicyclic) bond motifs is 3. The third kappa shape index (κ3) is 1.58. The first-order chi connectivity index (χ1) is 9.33. The van der Waals surface area contributed by atoms with Crippen LogP contribution in [0, 0.1) is 0 Å². The molecule has 3 aromatic rings. The summed E-state index contributed by atoms with van der Waals surface area (Å²) in [7, 11) is 0. The maximum absolute atomic E-state index is 5.86. The third-order valence-electron chi connectivity index (χ3n) is 4.04. The van der Waals surface area contributed by atoms with Gasteiger partial charge in [0.1, 0.15) is 5.65 Å². The molecule has 0 aliphatic heterocycles. The van der Waals surface area contributed by atoms with E-state index in [2.05, 4.69) is 19.9 Å². The molecule has 5 nitrogen and oxygen atoms in total. The predicted octanol–water partition coefficient (Wildman–Crippen LogP) is 2.75. The monoisotopic (exact) mass is 253 g/mol. The van der Waals surface area contributed by atoms with E-state index in [0.717, 1.165) is 27.6 Å². The maximum Gasteiger partial charge on any atom is 0.222 e. The molecule has 0 atom stereocenters. The number of pyridine rings is 1. The van der Waals surface area contributed by atoms with Gasteiger partial charge in [-0.3, -0.25) is 4.98 Å². The molecule has 4 rings (SSSR count). The van der Waals surface area contributed by atoms with E-state index in [1.54, 1.807) is 0 Å². The van der Waals surface area contributed by atoms with E-state index in [1.807, 2.05) is 18.5 Å². The molecule has 0 radical (unpaired) electrons. The number of nitrogens with one attached hydrogen (secondary N) is 1. The first-order valence-corrected chi connectivity index (χ1v) is 6.72. The van der Waals surface area contributed by atoms with Crippen LogP contribution in [0.4, 0.5) is 5.95 Å². The van der Waals surface area contributed by atoms with Crippen molar-refractivity contribution >= 4 is 27.9 Å². The molecule has 0 aromatic carbocycles. The van der Waals surface area contributed by atoms with Crippen molar-refractivity contribution in [3.05, 3.63) is 24.2 Å². The summed E-state index contributed by atoms with van der Waals surface area (Å²) in [4.78, 5) is 16.3. The number of H-pyrrole nitrogens is 1. The molecule has 1 fully saturated rings. The molecule has 1 aliphatic carbocycles. The predicted molar refractivity (Wildman–Crippen MR) is 74.8 cm³/mol. The molecule has 0 amide bonds. The molecular formula is C14H15N5. The van der Waals surface area contributed by atoms with Crippen molar-refractivity contribution < 1.29 is 0 Å². The van der Waals surface area contributed by atoms with Crippen LogP contribution in [-0.2, 0) is 0 Å². The zero-order valence-corrected chi connectivity index (χ0v) is 10.6. The second-order valence-electron chi connectivity index (χ2n) is 5.22. The fourth-order valence-electron chi connectivity index (χ4n) is 3.19. The van der Waals surface area contributed by atoms with Crippen LogP contribution < -0.4 is 5.73 Å². The molecule has 5 heteroatoms. The lowest BCUT2D eigenvalue weighted by Gasteiger charge is -2.10. The van der Waals surface area contributed by atoms with Gasteiger partial charge in [-0.05, 0) is 18.9 Å². The molecule has 3 aromatic heterocycles. The highest BCUT2D eigenvalue weighted by Crippen LogP contribution is 2.38. The standard InChI is InChI=1S/C14H15N5/c15-14-18-12(8-3-1-2-4-8)11-9-5-6-16-7-10(9)17-13(11)19-14/h5-8H,1-4H2,(H3,15,17,18,19). The summed E-state index contributed by atoms with van der Waals surface area (Å²) in [5.74, 6) is 0.869. The van der Waals surface area contributed by atoms with Crippen LogP contribution in [0.15, 0.2) is 18.5 Å². The Morgan fingerprint density at radius 2 is 2.05 bits per heavy atom. The van der Waals surface area contributed by atoms with Gasteiger partial charge in [0.15, 0.2) is 0 Å². The second-order valence-corrected chi connectivity index (χ2v) is 5.22. The first kappa shape index (κ1) is 10.7. The van der Waals surface area contributed by atoms with Gasteiger partial charge in [-0.2, -0.15) is 4.98 Å². The van der Waals surface area contributed by atoms with Crippen molar-refractivity contribution in [1.29, 1.82) is 0 Å². The van der Waals surface area contributed by atoms with Gasteiger partial charge in [-0.1, -0.05) is 12.8 Å². The molecule has 0 bridgehead atoms. The minimum Gasteiger partial charge on any atom is -0.368 e. The molecule has 0 saturated heterocycles. The SMILES string of the molecule is Nc1nc(C2CCCC2)c2c(n1)[nH]c1cnccc12. The normalized spacial score (nSPS) is 16.6. The van der Waals surface area contributed by atoms with E-state index in [9.17, 15) is 0 Å². The summed E-state index contributed by atoms with van der Waals surface area (Å²) in [6.07, 6.45) is 8.59. The molecule has 0 unspecified atom stereocenters. The van der Waals surface area contributed by atoms with Gasteiger partial charge < -0.3 is 10.7 Å². The number of hydrogen-bond donors (Lipinski definition) is 2. The summed E-state index contributed by atoms with van der Waals surface area (Å²) < 4.78 is 0. The zero-order valence-electron chi connectivity index (χ0n) is 10.6. The Morgan fingerprint density at radius 3 is 2.89 bits per heavy atom. The fraction of sp³-hybridized carbons (Fsp3) is 0.357. The number of aromatic amines is 1. The quantitative estimate of drug-likeness (QED) is 0.698. The molecular weight excluding hydrogens is 238 g/mol. The highest BCUT2D eigenvalue weighted by Gasteiger charge is 2.23. The summed E-state index contributed by atoms with van der Waals surface area (Å²) in [6, 6.07) is 2.02. The lowest BCUT2D eigenvalue weighted by Crippen LogP contribution is -2.03. The van der Waals surface area contributed by atoms with Crippen LogP contribution in [0.3, 0.4) is 0 Å². The smallest absolute Gasteiger partial charge is 0.222 e. The van der Waals surface area contributed by atoms with E-state index in [0.29, 0.717) is 11.9 Å². The second kappa shape index (κ2) is 3.91. The van der Waals surface area contributed by atoms with Crippen molar-refractivity contribution in [3.8, 4) is 0 Å². The number of nitrogens with two attached hydrogens (primary N) is 1. The van der Waals surface area contributed by atoms with Gasteiger partial charge in [-0.15, -0.1) is 0 Å². The molecule has 96 valence electrons. The zero-order chi connectivity index (χ0) is 12.8. The molecule has 1 aliphatic rings. The van der Waals surface area contributed by atoms with Gasteiger partial charge in [0, 0.05) is 22.9 Å². The number of anilines is 1. The summed E-state index contributed by atoms with van der Waals surface area (Å²) in [5, 5.41) is 2.27. The Bertz CT molecular complexity index is 755. The Labute approximate surface area is 110 Å². The van der Waals surface area contributed by atoms with E-state index in [-0.39, 0.29) is 0 Å². The highest BCUT2D eigenvalue weighted by molar-refractivity contribution is 6.07. The first-order valence-electron chi connectivity index (χ1n) is 6.72. The summed E-state index contributed by atoms with van der Waals surface area (Å²) >= 11 is 0. The average molecular weight is 253 g/mol. The maximum atomic E-state index is 5.86. The number of nitrogen functional groups attached to an aromatic ring is 1. The van der Waals surface area contributed by atoms with Gasteiger partial charge in [0.25, 0.3) is 0 Å². The topological polar surface area (TPSA) is 80.5 Å². The summed E-state index contributed by atoms with van der Waals surface area (Å²) in [5.41, 5.74) is 8.79. The van der Waals surface area contributed by atoms with Crippen LogP contribution in [0.25, 0.3) is 21.9 Å². The van der Waals surface area contributed by atoms with Crippen LogP contribution in [0.1, 0.15) is 37.3 Å². The fourth-order valence-corrected chi connectivity index (χ4v) is 3.19. The van der Waals surface area contributed by atoms with E-state index < -0.39 is 0 Å². The largest absolute Gasteiger partial charge is 0.368 e. The van der Waals surface area contributed by atoms with Crippen LogP contribution >= 0.6 is 0 Å². The molecule has 1 saturated carbocycles. The van der Waals surface area contributed by atoms with Crippen LogP contribution in [0.5, 0.6) is 0 Å². The molecule has 19 heavy (non-hydrogen) atoms. The Balaban J connectivity index is 2.09. The van der Waals surface area contributed by atoms with Crippen molar-refractivity contribution in [2.75, 3.05) is 5.73 Å². The Kier molecular flexibility index (Phi) is 2.21. The number of rotatable bonds is 1. The molecule has 3 N–H and O–H groups in total. The Morgan fingerprint density at radius 1 is 1.21 bits per heavy atom. The number of hydrogen-bond acceptors (Lipinski definition) is 4. The minimum absolute atomic E-state index is 0.355. The van der Waals surface area contributed by atoms with E-state index in [4.69, 9.17) is 5.73 Å². The van der Waals surface area contributed by atoms with E-state index in [1.165, 1.54) is 25.7 Å². The lowest BCUT2D eigenvalue weighted by atomic mass is 10.00. The van der Waals surface area contributed by atoms with Crippen molar-refractivity contribution in [1.82, 2.24) is 19.9 Å². The molecule has 0 spiro atoms. The number of nitrogens with zero attached hydrogens (tertiary/aromatic N) is 3. The van der Waals surface area contributed by atoms with E-state index >= 15 is 0 Å². The third-order valence-corrected chi connectivity index (χ3v) is 4.04. The number of aromatic nitrogens is 4. The van der Waals surface area contributed by atoms with Gasteiger partial charge in [0.2, 0.25) is 5.95 Å². The molecule has 3 heterocycles. The minimum atomic E-state index is 0.355. The summed E-state index contributed by atoms with van der Waals surface area (Å²) in [6.45, 7) is 0. The van der Waals surface area contributed by atoms with Crippen LogP contribution in [0.2, 0.25) is 0 Å². The van der Waals surface area contributed by atoms with Gasteiger partial charge in [0.05, 0.1) is 17.4 Å². The highest BCUT2D eigenvalue weighted by atomic mass is 15.0.